The normalized spacial score (nSPS) is 22.8. The summed E-state index contributed by atoms with van der Waals surface area (Å²) in [5.41, 5.74) is 2.58. The first-order valence-corrected chi connectivity index (χ1v) is 5.36. The number of hydrogen-bond donors (Lipinski definition) is 0. The van der Waals surface area contributed by atoms with Gasteiger partial charge in [0.15, 0.2) is 0 Å². The van der Waals surface area contributed by atoms with Crippen LogP contribution >= 0.6 is 0 Å². The Labute approximate surface area is 84.4 Å². The van der Waals surface area contributed by atoms with Crippen molar-refractivity contribution in [2.75, 3.05) is 0 Å². The molecule has 0 spiro atoms. The van der Waals surface area contributed by atoms with Crippen LogP contribution in [-0.4, -0.2) is 0 Å². The van der Waals surface area contributed by atoms with E-state index in [1.54, 1.807) is 0 Å². The van der Waals surface area contributed by atoms with Crippen LogP contribution < -0.4 is 0 Å². The highest BCUT2D eigenvalue weighted by molar-refractivity contribution is 5.41. The maximum atomic E-state index is 9.05. The van der Waals surface area contributed by atoms with Gasteiger partial charge in [-0.2, -0.15) is 5.26 Å². The lowest BCUT2D eigenvalue weighted by atomic mass is 9.96. The summed E-state index contributed by atoms with van der Waals surface area (Å²) in [5, 5.41) is 9.05. The standard InChI is InChI=1S/C13H13N/c14-9-13(7-8-13)12-5-3-11(4-6-12)10-1-2-10/h3-6,10H,1-2,7-8H2. The molecular weight excluding hydrogens is 170 g/mol. The lowest BCUT2D eigenvalue weighted by molar-refractivity contribution is 0.905. The second-order valence-corrected chi connectivity index (χ2v) is 4.59. The quantitative estimate of drug-likeness (QED) is 0.691. The Kier molecular flexibility index (Phi) is 1.50. The Morgan fingerprint density at radius 3 is 2.21 bits per heavy atom. The molecule has 0 N–H and O–H groups in total. The van der Waals surface area contributed by atoms with Crippen LogP contribution in [0.4, 0.5) is 0 Å². The third-order valence-electron chi connectivity index (χ3n) is 3.48. The van der Waals surface area contributed by atoms with Gasteiger partial charge in [-0.05, 0) is 42.7 Å². The Morgan fingerprint density at radius 1 is 1.14 bits per heavy atom. The molecule has 0 heterocycles. The number of hydrogen-bond acceptors (Lipinski definition) is 1. The zero-order valence-electron chi connectivity index (χ0n) is 8.16. The van der Waals surface area contributed by atoms with Crippen LogP contribution in [-0.2, 0) is 5.41 Å². The highest BCUT2D eigenvalue weighted by Gasteiger charge is 2.44. The van der Waals surface area contributed by atoms with Gasteiger partial charge in [0.05, 0.1) is 11.5 Å². The van der Waals surface area contributed by atoms with Gasteiger partial charge in [0.2, 0.25) is 0 Å². The molecule has 3 rings (SSSR count). The van der Waals surface area contributed by atoms with Crippen molar-refractivity contribution in [2.45, 2.75) is 37.0 Å². The molecule has 0 atom stereocenters. The first-order chi connectivity index (χ1) is 6.84. The van der Waals surface area contributed by atoms with Crippen molar-refractivity contribution < 1.29 is 0 Å². The van der Waals surface area contributed by atoms with E-state index in [4.69, 9.17) is 5.26 Å². The molecule has 1 heteroatoms. The van der Waals surface area contributed by atoms with E-state index in [-0.39, 0.29) is 5.41 Å². The summed E-state index contributed by atoms with van der Waals surface area (Å²) in [6.07, 6.45) is 4.80. The first-order valence-electron chi connectivity index (χ1n) is 5.36. The molecule has 14 heavy (non-hydrogen) atoms. The first kappa shape index (κ1) is 8.05. The van der Waals surface area contributed by atoms with Crippen LogP contribution in [0, 0.1) is 11.3 Å². The number of rotatable bonds is 2. The molecule has 0 aromatic heterocycles. The number of benzene rings is 1. The highest BCUT2D eigenvalue weighted by Crippen LogP contribution is 2.48. The maximum absolute atomic E-state index is 9.05. The van der Waals surface area contributed by atoms with Gasteiger partial charge in [-0.1, -0.05) is 24.3 Å². The van der Waals surface area contributed by atoms with Gasteiger partial charge in [0, 0.05) is 0 Å². The molecule has 2 fully saturated rings. The van der Waals surface area contributed by atoms with Crippen molar-refractivity contribution in [2.24, 2.45) is 0 Å². The molecule has 0 amide bonds. The topological polar surface area (TPSA) is 23.8 Å². The van der Waals surface area contributed by atoms with Crippen molar-refractivity contribution in [1.82, 2.24) is 0 Å². The Bertz CT molecular complexity index is 388. The molecule has 0 saturated heterocycles. The summed E-state index contributed by atoms with van der Waals surface area (Å²) in [6.45, 7) is 0. The second kappa shape index (κ2) is 2.60. The van der Waals surface area contributed by atoms with E-state index in [1.807, 2.05) is 0 Å². The zero-order valence-corrected chi connectivity index (χ0v) is 8.16. The minimum atomic E-state index is -0.109. The van der Waals surface area contributed by atoms with E-state index in [9.17, 15) is 0 Å². The summed E-state index contributed by atoms with van der Waals surface area (Å²) >= 11 is 0. The third-order valence-corrected chi connectivity index (χ3v) is 3.48. The SMILES string of the molecule is N#CC1(c2ccc(C3CC3)cc2)CC1. The fourth-order valence-corrected chi connectivity index (χ4v) is 2.08. The predicted octanol–water partition coefficient (Wildman–Crippen LogP) is 3.12. The van der Waals surface area contributed by atoms with E-state index in [0.717, 1.165) is 18.8 Å². The molecule has 1 nitrogen and oxygen atoms in total. The smallest absolute Gasteiger partial charge is 0.0823 e. The Hall–Kier alpha value is -1.29. The van der Waals surface area contributed by atoms with Crippen molar-refractivity contribution in [3.63, 3.8) is 0 Å². The molecule has 2 aliphatic carbocycles. The summed E-state index contributed by atoms with van der Waals surface area (Å²) in [4.78, 5) is 0. The monoisotopic (exact) mass is 183 g/mol. The third kappa shape index (κ3) is 1.14. The lowest BCUT2D eigenvalue weighted by Crippen LogP contribution is -2.01. The summed E-state index contributed by atoms with van der Waals surface area (Å²) < 4.78 is 0. The van der Waals surface area contributed by atoms with Crippen LogP contribution in [0.15, 0.2) is 24.3 Å². The molecule has 0 bridgehead atoms. The van der Waals surface area contributed by atoms with Crippen LogP contribution in [0.25, 0.3) is 0 Å². The molecule has 0 aliphatic heterocycles. The summed E-state index contributed by atoms with van der Waals surface area (Å²) in [6, 6.07) is 11.2. The minimum Gasteiger partial charge on any atom is -0.197 e. The van der Waals surface area contributed by atoms with Gasteiger partial charge in [-0.15, -0.1) is 0 Å². The van der Waals surface area contributed by atoms with Crippen molar-refractivity contribution in [1.29, 1.82) is 5.26 Å². The molecule has 0 unspecified atom stereocenters. The van der Waals surface area contributed by atoms with Gasteiger partial charge >= 0.3 is 0 Å². The van der Waals surface area contributed by atoms with Gasteiger partial charge in [0.1, 0.15) is 0 Å². The van der Waals surface area contributed by atoms with Crippen molar-refractivity contribution in [3.8, 4) is 6.07 Å². The van der Waals surface area contributed by atoms with E-state index in [0.29, 0.717) is 0 Å². The maximum Gasteiger partial charge on any atom is 0.0823 e. The molecular formula is C13H13N. The molecule has 2 saturated carbocycles. The number of nitrogens with zero attached hydrogens (tertiary/aromatic N) is 1. The van der Waals surface area contributed by atoms with Gasteiger partial charge in [0.25, 0.3) is 0 Å². The number of nitriles is 1. The molecule has 1 aromatic rings. The lowest BCUT2D eigenvalue weighted by Gasteiger charge is -2.06. The summed E-state index contributed by atoms with van der Waals surface area (Å²) in [5.74, 6) is 0.821. The van der Waals surface area contributed by atoms with Crippen molar-refractivity contribution >= 4 is 0 Å². The highest BCUT2D eigenvalue weighted by atomic mass is 14.5. The Morgan fingerprint density at radius 2 is 1.79 bits per heavy atom. The zero-order chi connectivity index (χ0) is 9.60. The predicted molar refractivity (Wildman–Crippen MR) is 54.9 cm³/mol. The summed E-state index contributed by atoms with van der Waals surface area (Å²) in [7, 11) is 0. The van der Waals surface area contributed by atoms with Crippen LogP contribution in [0.2, 0.25) is 0 Å². The van der Waals surface area contributed by atoms with E-state index >= 15 is 0 Å². The van der Waals surface area contributed by atoms with E-state index in [1.165, 1.54) is 24.0 Å². The fraction of sp³-hybridized carbons (Fsp3) is 0.462. The molecule has 1 aromatic carbocycles. The molecule has 0 radical (unpaired) electrons. The second-order valence-electron chi connectivity index (χ2n) is 4.59. The van der Waals surface area contributed by atoms with Crippen LogP contribution in [0.3, 0.4) is 0 Å². The molecule has 70 valence electrons. The van der Waals surface area contributed by atoms with Gasteiger partial charge in [-0.25, -0.2) is 0 Å². The van der Waals surface area contributed by atoms with Gasteiger partial charge in [-0.3, -0.25) is 0 Å². The molecule has 2 aliphatic rings. The fourth-order valence-electron chi connectivity index (χ4n) is 2.08. The minimum absolute atomic E-state index is 0.109. The van der Waals surface area contributed by atoms with Crippen LogP contribution in [0.1, 0.15) is 42.7 Å². The average molecular weight is 183 g/mol. The van der Waals surface area contributed by atoms with E-state index < -0.39 is 0 Å². The van der Waals surface area contributed by atoms with Crippen LogP contribution in [0.5, 0.6) is 0 Å². The largest absolute Gasteiger partial charge is 0.197 e. The van der Waals surface area contributed by atoms with Crippen molar-refractivity contribution in [3.05, 3.63) is 35.4 Å². The van der Waals surface area contributed by atoms with Gasteiger partial charge < -0.3 is 0 Å². The van der Waals surface area contributed by atoms with E-state index in [2.05, 4.69) is 30.3 Å². The average Bonchev–Trinajstić information content (AvgIpc) is 3.12. The Balaban J connectivity index is 1.90.